The minimum absolute atomic E-state index is 0.140. The molecule has 0 aliphatic carbocycles. The highest BCUT2D eigenvalue weighted by Crippen LogP contribution is 2.29. The molecule has 1 aliphatic heterocycles. The van der Waals surface area contributed by atoms with Gasteiger partial charge in [0.2, 0.25) is 5.91 Å². The van der Waals surface area contributed by atoms with E-state index in [1.54, 1.807) is 14.2 Å². The molecular weight excluding hydrogens is 316 g/mol. The number of nitrogens with zero attached hydrogens (tertiary/aromatic N) is 1. The number of anilines is 2. The number of carbonyl (C=O) groups is 1. The number of nitrogens with one attached hydrogen (secondary N) is 1. The average Bonchev–Trinajstić information content (AvgIpc) is 2.67. The van der Waals surface area contributed by atoms with Crippen molar-refractivity contribution in [1.82, 2.24) is 0 Å². The van der Waals surface area contributed by atoms with Crippen molar-refractivity contribution in [3.05, 3.63) is 48.0 Å². The van der Waals surface area contributed by atoms with Crippen LogP contribution in [0, 0.1) is 0 Å². The maximum absolute atomic E-state index is 12.7. The number of carbonyl (C=O) groups excluding carboxylic acids is 1. The Morgan fingerprint density at radius 3 is 2.80 bits per heavy atom. The lowest BCUT2D eigenvalue weighted by molar-refractivity contribution is -0.118. The first kappa shape index (κ1) is 17.1. The van der Waals surface area contributed by atoms with Crippen LogP contribution in [0.4, 0.5) is 11.4 Å². The second kappa shape index (κ2) is 7.92. The molecule has 5 heteroatoms. The molecule has 0 atom stereocenters. The normalized spacial score (nSPS) is 13.1. The lowest BCUT2D eigenvalue weighted by Gasteiger charge is -2.29. The van der Waals surface area contributed by atoms with E-state index in [4.69, 9.17) is 9.47 Å². The third kappa shape index (κ3) is 3.87. The van der Waals surface area contributed by atoms with Crippen LogP contribution in [0.5, 0.6) is 11.5 Å². The Bertz CT molecular complexity index is 745. The van der Waals surface area contributed by atoms with E-state index in [9.17, 15) is 4.79 Å². The summed E-state index contributed by atoms with van der Waals surface area (Å²) in [5.74, 6) is 1.62. The van der Waals surface area contributed by atoms with Gasteiger partial charge in [-0.3, -0.25) is 4.79 Å². The Morgan fingerprint density at radius 1 is 1.16 bits per heavy atom. The summed E-state index contributed by atoms with van der Waals surface area (Å²) in [5, 5.41) is 3.28. The maximum atomic E-state index is 12.7. The second-order valence-corrected chi connectivity index (χ2v) is 6.02. The molecule has 1 amide bonds. The first-order valence-corrected chi connectivity index (χ1v) is 8.57. The zero-order chi connectivity index (χ0) is 17.6. The molecule has 0 spiro atoms. The van der Waals surface area contributed by atoms with Crippen molar-refractivity contribution in [2.45, 2.75) is 19.3 Å². The number of aryl methyl sites for hydroxylation is 1. The highest BCUT2D eigenvalue weighted by atomic mass is 16.5. The number of ether oxygens (including phenoxy) is 2. The van der Waals surface area contributed by atoms with Crippen LogP contribution in [0.15, 0.2) is 42.5 Å². The average molecular weight is 340 g/mol. The van der Waals surface area contributed by atoms with E-state index in [1.165, 1.54) is 5.56 Å². The van der Waals surface area contributed by atoms with Crippen molar-refractivity contribution >= 4 is 17.3 Å². The van der Waals surface area contributed by atoms with Crippen LogP contribution < -0.4 is 19.7 Å². The van der Waals surface area contributed by atoms with E-state index in [0.29, 0.717) is 13.0 Å². The third-order valence-electron chi connectivity index (χ3n) is 4.47. The van der Waals surface area contributed by atoms with Crippen molar-refractivity contribution in [2.24, 2.45) is 0 Å². The Hall–Kier alpha value is -2.69. The molecular formula is C20H24N2O3. The number of amides is 1. The quantitative estimate of drug-likeness (QED) is 0.875. The van der Waals surface area contributed by atoms with Gasteiger partial charge in [-0.05, 0) is 36.6 Å². The largest absolute Gasteiger partial charge is 0.497 e. The van der Waals surface area contributed by atoms with Crippen molar-refractivity contribution in [2.75, 3.05) is 37.5 Å². The predicted molar refractivity (Wildman–Crippen MR) is 99.8 cm³/mol. The van der Waals surface area contributed by atoms with Crippen LogP contribution in [-0.2, 0) is 11.2 Å². The SMILES string of the molecule is COc1ccc(OC)c(NCCC(=O)N2CCCc3ccccc32)c1. The minimum Gasteiger partial charge on any atom is -0.497 e. The highest BCUT2D eigenvalue weighted by Gasteiger charge is 2.21. The van der Waals surface area contributed by atoms with E-state index in [-0.39, 0.29) is 5.91 Å². The molecule has 0 aromatic heterocycles. The van der Waals surface area contributed by atoms with Crippen LogP contribution in [-0.4, -0.2) is 33.2 Å². The van der Waals surface area contributed by atoms with Gasteiger partial charge in [-0.25, -0.2) is 0 Å². The van der Waals surface area contributed by atoms with Gasteiger partial charge < -0.3 is 19.7 Å². The van der Waals surface area contributed by atoms with Gasteiger partial charge in [-0.15, -0.1) is 0 Å². The summed E-state index contributed by atoms with van der Waals surface area (Å²) in [7, 11) is 3.26. The van der Waals surface area contributed by atoms with Gasteiger partial charge in [-0.1, -0.05) is 18.2 Å². The molecule has 0 unspecified atom stereocenters. The molecule has 0 saturated carbocycles. The standard InChI is InChI=1S/C20H24N2O3/c1-24-16-9-10-19(25-2)17(14-16)21-12-11-20(23)22-13-5-7-15-6-3-4-8-18(15)22/h3-4,6,8-10,14,21H,5,7,11-13H2,1-2H3. The highest BCUT2D eigenvalue weighted by molar-refractivity contribution is 5.94. The van der Waals surface area contributed by atoms with Crippen molar-refractivity contribution in [1.29, 1.82) is 0 Å². The summed E-state index contributed by atoms with van der Waals surface area (Å²) < 4.78 is 10.6. The number of hydrogen-bond acceptors (Lipinski definition) is 4. The van der Waals surface area contributed by atoms with Crippen LogP contribution >= 0.6 is 0 Å². The van der Waals surface area contributed by atoms with Crippen molar-refractivity contribution < 1.29 is 14.3 Å². The van der Waals surface area contributed by atoms with E-state index >= 15 is 0 Å². The molecule has 5 nitrogen and oxygen atoms in total. The molecule has 2 aromatic carbocycles. The van der Waals surface area contributed by atoms with Crippen molar-refractivity contribution in [3.63, 3.8) is 0 Å². The van der Waals surface area contributed by atoms with Gasteiger partial charge in [0.25, 0.3) is 0 Å². The fourth-order valence-electron chi connectivity index (χ4n) is 3.18. The molecule has 1 N–H and O–H groups in total. The third-order valence-corrected chi connectivity index (χ3v) is 4.47. The number of methoxy groups -OCH3 is 2. The van der Waals surface area contributed by atoms with Gasteiger partial charge in [-0.2, -0.15) is 0 Å². The van der Waals surface area contributed by atoms with Crippen LogP contribution in [0.2, 0.25) is 0 Å². The first-order valence-electron chi connectivity index (χ1n) is 8.57. The molecule has 2 aromatic rings. The molecule has 1 aliphatic rings. The number of para-hydroxylation sites is 1. The van der Waals surface area contributed by atoms with E-state index in [1.807, 2.05) is 41.3 Å². The smallest absolute Gasteiger partial charge is 0.228 e. The first-order chi connectivity index (χ1) is 12.2. The molecule has 0 radical (unpaired) electrons. The Kier molecular flexibility index (Phi) is 5.43. The predicted octanol–water partition coefficient (Wildman–Crippen LogP) is 3.49. The number of rotatable bonds is 6. The number of fused-ring (bicyclic) bond motifs is 1. The van der Waals surface area contributed by atoms with Crippen LogP contribution in [0.25, 0.3) is 0 Å². The monoisotopic (exact) mass is 340 g/mol. The molecule has 0 fully saturated rings. The Balaban J connectivity index is 1.62. The van der Waals surface area contributed by atoms with Gasteiger partial charge in [0.15, 0.2) is 0 Å². The molecule has 0 bridgehead atoms. The van der Waals surface area contributed by atoms with E-state index < -0.39 is 0 Å². The summed E-state index contributed by atoms with van der Waals surface area (Å²) in [6, 6.07) is 13.7. The number of hydrogen-bond donors (Lipinski definition) is 1. The fourth-order valence-corrected chi connectivity index (χ4v) is 3.18. The molecule has 132 valence electrons. The fraction of sp³-hybridized carbons (Fsp3) is 0.350. The molecule has 0 saturated heterocycles. The Morgan fingerprint density at radius 2 is 2.00 bits per heavy atom. The molecule has 25 heavy (non-hydrogen) atoms. The van der Waals surface area contributed by atoms with Crippen molar-refractivity contribution in [3.8, 4) is 11.5 Å². The zero-order valence-electron chi connectivity index (χ0n) is 14.7. The summed E-state index contributed by atoms with van der Waals surface area (Å²) in [6.45, 7) is 1.33. The van der Waals surface area contributed by atoms with Gasteiger partial charge in [0.1, 0.15) is 11.5 Å². The second-order valence-electron chi connectivity index (χ2n) is 6.02. The summed E-state index contributed by atoms with van der Waals surface area (Å²) in [5.41, 5.74) is 3.14. The van der Waals surface area contributed by atoms with Gasteiger partial charge in [0, 0.05) is 31.3 Å². The number of benzene rings is 2. The lowest BCUT2D eigenvalue weighted by atomic mass is 10.0. The summed E-state index contributed by atoms with van der Waals surface area (Å²) in [6.07, 6.45) is 2.48. The zero-order valence-corrected chi connectivity index (χ0v) is 14.7. The topological polar surface area (TPSA) is 50.8 Å². The van der Waals surface area contributed by atoms with Gasteiger partial charge >= 0.3 is 0 Å². The lowest BCUT2D eigenvalue weighted by Crippen LogP contribution is -2.36. The van der Waals surface area contributed by atoms with Gasteiger partial charge in [0.05, 0.1) is 19.9 Å². The summed E-state index contributed by atoms with van der Waals surface area (Å²) in [4.78, 5) is 14.6. The van der Waals surface area contributed by atoms with Crippen LogP contribution in [0.3, 0.4) is 0 Å². The van der Waals surface area contributed by atoms with E-state index in [2.05, 4.69) is 11.4 Å². The minimum atomic E-state index is 0.140. The Labute approximate surface area is 148 Å². The van der Waals surface area contributed by atoms with E-state index in [0.717, 1.165) is 42.3 Å². The molecule has 3 rings (SSSR count). The molecule has 1 heterocycles. The maximum Gasteiger partial charge on any atom is 0.228 e. The summed E-state index contributed by atoms with van der Waals surface area (Å²) >= 11 is 0. The van der Waals surface area contributed by atoms with Crippen LogP contribution in [0.1, 0.15) is 18.4 Å².